The van der Waals surface area contributed by atoms with Crippen LogP contribution in [0.5, 0.6) is 0 Å². The highest BCUT2D eigenvalue weighted by atomic mass is 16.6. The van der Waals surface area contributed by atoms with Crippen molar-refractivity contribution in [2.75, 3.05) is 18.5 Å². The molecule has 0 aromatic heterocycles. The Kier molecular flexibility index (Phi) is 5.10. The highest BCUT2D eigenvalue weighted by Gasteiger charge is 2.16. The number of carbonyl (C=O) groups is 1. The normalized spacial score (nSPS) is 9.89. The molecule has 1 aromatic rings. The van der Waals surface area contributed by atoms with Crippen LogP contribution >= 0.6 is 0 Å². The van der Waals surface area contributed by atoms with Crippen LogP contribution in [0.25, 0.3) is 0 Å². The van der Waals surface area contributed by atoms with Crippen molar-refractivity contribution in [3.8, 4) is 0 Å². The largest absolute Gasteiger partial charge is 0.466 e. The maximum Gasteiger partial charge on any atom is 0.307 e. The van der Waals surface area contributed by atoms with Gasteiger partial charge < -0.3 is 10.1 Å². The van der Waals surface area contributed by atoms with E-state index in [0.717, 1.165) is 0 Å². The van der Waals surface area contributed by atoms with E-state index >= 15 is 0 Å². The van der Waals surface area contributed by atoms with Crippen molar-refractivity contribution in [3.63, 3.8) is 0 Å². The number of anilines is 1. The molecule has 1 aromatic carbocycles. The highest BCUT2D eigenvalue weighted by molar-refractivity contribution is 5.71. The zero-order valence-electron chi connectivity index (χ0n) is 10.4. The molecule has 6 nitrogen and oxygen atoms in total. The van der Waals surface area contributed by atoms with Gasteiger partial charge >= 0.3 is 5.97 Å². The molecule has 0 fully saturated rings. The topological polar surface area (TPSA) is 81.5 Å². The van der Waals surface area contributed by atoms with Gasteiger partial charge in [0.15, 0.2) is 0 Å². The maximum atomic E-state index is 11.1. The summed E-state index contributed by atoms with van der Waals surface area (Å²) in [5, 5.41) is 13.8. The monoisotopic (exact) mass is 252 g/mol. The van der Waals surface area contributed by atoms with Crippen LogP contribution in [-0.2, 0) is 9.53 Å². The lowest BCUT2D eigenvalue weighted by atomic mass is 10.1. The number of nitro benzene ring substituents is 1. The highest BCUT2D eigenvalue weighted by Crippen LogP contribution is 2.27. The molecule has 1 rings (SSSR count). The molecule has 98 valence electrons. The zero-order valence-corrected chi connectivity index (χ0v) is 10.4. The first-order valence-corrected chi connectivity index (χ1v) is 5.69. The van der Waals surface area contributed by atoms with E-state index in [1.165, 1.54) is 0 Å². The smallest absolute Gasteiger partial charge is 0.307 e. The minimum absolute atomic E-state index is 0.0429. The average molecular weight is 252 g/mol. The summed E-state index contributed by atoms with van der Waals surface area (Å²) >= 11 is 0. The van der Waals surface area contributed by atoms with E-state index in [9.17, 15) is 14.9 Å². The van der Waals surface area contributed by atoms with Gasteiger partial charge in [-0.05, 0) is 19.9 Å². The molecule has 0 amide bonds. The molecule has 1 N–H and O–H groups in total. The van der Waals surface area contributed by atoms with Crippen molar-refractivity contribution in [1.29, 1.82) is 0 Å². The van der Waals surface area contributed by atoms with Gasteiger partial charge in [0.2, 0.25) is 0 Å². The van der Waals surface area contributed by atoms with E-state index in [1.807, 2.05) is 0 Å². The van der Waals surface area contributed by atoms with E-state index in [4.69, 9.17) is 4.74 Å². The summed E-state index contributed by atoms with van der Waals surface area (Å²) in [6.07, 6.45) is 0.180. The number of para-hydroxylation sites is 1. The third-order valence-electron chi connectivity index (χ3n) is 2.37. The van der Waals surface area contributed by atoms with Gasteiger partial charge in [-0.3, -0.25) is 14.9 Å². The van der Waals surface area contributed by atoms with E-state index in [2.05, 4.69) is 5.32 Å². The number of nitro groups is 1. The maximum absolute atomic E-state index is 11.1. The zero-order chi connectivity index (χ0) is 13.5. The number of ether oxygens (including phenoxy) is 1. The number of rotatable bonds is 6. The third-order valence-corrected chi connectivity index (χ3v) is 2.37. The van der Waals surface area contributed by atoms with E-state index < -0.39 is 4.92 Å². The lowest BCUT2D eigenvalue weighted by molar-refractivity contribution is -0.384. The minimum Gasteiger partial charge on any atom is -0.466 e. The molecule has 18 heavy (non-hydrogen) atoms. The molecule has 0 unspecified atom stereocenters. The van der Waals surface area contributed by atoms with Crippen LogP contribution in [0.3, 0.4) is 0 Å². The summed E-state index contributed by atoms with van der Waals surface area (Å²) in [5.41, 5.74) is 1.05. The van der Waals surface area contributed by atoms with Crippen LogP contribution in [0.1, 0.15) is 18.9 Å². The summed E-state index contributed by atoms with van der Waals surface area (Å²) in [7, 11) is 0. The summed E-state index contributed by atoms with van der Waals surface area (Å²) in [5.74, 6) is -0.319. The van der Waals surface area contributed by atoms with E-state index in [0.29, 0.717) is 24.4 Å². The van der Waals surface area contributed by atoms with Crippen LogP contribution < -0.4 is 5.32 Å². The van der Waals surface area contributed by atoms with Crippen molar-refractivity contribution >= 4 is 17.3 Å². The molecule has 0 atom stereocenters. The Hall–Kier alpha value is -2.11. The summed E-state index contributed by atoms with van der Waals surface area (Å²) < 4.78 is 4.77. The number of hydrogen-bond donors (Lipinski definition) is 1. The molecule has 0 bridgehead atoms. The molecule has 0 radical (unpaired) electrons. The summed E-state index contributed by atoms with van der Waals surface area (Å²) in [6, 6.07) is 5.03. The second kappa shape index (κ2) is 6.58. The average Bonchev–Trinajstić information content (AvgIpc) is 2.28. The first-order valence-electron chi connectivity index (χ1n) is 5.69. The molecule has 0 aliphatic heterocycles. The fourth-order valence-electron chi connectivity index (χ4n) is 1.58. The molecule has 0 heterocycles. The molecule has 0 saturated heterocycles. The predicted molar refractivity (Wildman–Crippen MR) is 67.6 cm³/mol. The van der Waals surface area contributed by atoms with Gasteiger partial charge in [-0.15, -0.1) is 0 Å². The van der Waals surface area contributed by atoms with Gasteiger partial charge in [-0.1, -0.05) is 12.1 Å². The molecule has 6 heteroatoms. The quantitative estimate of drug-likeness (QED) is 0.477. The molecular weight excluding hydrogens is 236 g/mol. The number of carbonyl (C=O) groups excluding carboxylic acids is 1. The Balaban J connectivity index is 2.65. The van der Waals surface area contributed by atoms with Crippen LogP contribution in [0, 0.1) is 17.0 Å². The second-order valence-corrected chi connectivity index (χ2v) is 3.71. The number of nitrogens with zero attached hydrogens (tertiary/aromatic N) is 1. The van der Waals surface area contributed by atoms with Crippen LogP contribution in [0.2, 0.25) is 0 Å². The third kappa shape index (κ3) is 3.73. The van der Waals surface area contributed by atoms with Crippen molar-refractivity contribution < 1.29 is 14.5 Å². The van der Waals surface area contributed by atoms with Crippen LogP contribution in [0.4, 0.5) is 11.4 Å². The Morgan fingerprint density at radius 1 is 1.50 bits per heavy atom. The van der Waals surface area contributed by atoms with Gasteiger partial charge in [0.05, 0.1) is 18.0 Å². The summed E-state index contributed by atoms with van der Waals surface area (Å²) in [6.45, 7) is 4.05. The van der Waals surface area contributed by atoms with Gasteiger partial charge in [0.25, 0.3) is 5.69 Å². The van der Waals surface area contributed by atoms with Crippen LogP contribution in [0.15, 0.2) is 18.2 Å². The standard InChI is InChI=1S/C12H16N2O4/c1-3-18-11(15)7-8-13-10-6-4-5-9(2)12(10)14(16)17/h4-6,13H,3,7-8H2,1-2H3. The predicted octanol–water partition coefficient (Wildman–Crippen LogP) is 2.27. The van der Waals surface area contributed by atoms with Gasteiger partial charge in [0, 0.05) is 12.1 Å². The fraction of sp³-hybridized carbons (Fsp3) is 0.417. The molecular formula is C12H16N2O4. The Bertz CT molecular complexity index is 446. The minimum atomic E-state index is -0.429. The molecule has 0 spiro atoms. The van der Waals surface area contributed by atoms with Crippen LogP contribution in [-0.4, -0.2) is 24.0 Å². The number of nitrogens with one attached hydrogen (secondary N) is 1. The molecule has 0 aliphatic rings. The first kappa shape index (κ1) is 14.0. The van der Waals surface area contributed by atoms with Crippen molar-refractivity contribution in [2.24, 2.45) is 0 Å². The first-order chi connectivity index (χ1) is 8.56. The SMILES string of the molecule is CCOC(=O)CCNc1cccc(C)c1[N+](=O)[O-]. The number of esters is 1. The van der Waals surface area contributed by atoms with Crippen molar-refractivity contribution in [3.05, 3.63) is 33.9 Å². The summed E-state index contributed by atoms with van der Waals surface area (Å²) in [4.78, 5) is 21.6. The van der Waals surface area contributed by atoms with Gasteiger partial charge in [-0.25, -0.2) is 0 Å². The lowest BCUT2D eigenvalue weighted by Gasteiger charge is -2.08. The van der Waals surface area contributed by atoms with Gasteiger partial charge in [-0.2, -0.15) is 0 Å². The van der Waals surface area contributed by atoms with E-state index in [1.54, 1.807) is 32.0 Å². The Morgan fingerprint density at radius 3 is 2.83 bits per heavy atom. The Labute approximate surface area is 105 Å². The van der Waals surface area contributed by atoms with E-state index in [-0.39, 0.29) is 18.1 Å². The second-order valence-electron chi connectivity index (χ2n) is 3.71. The fourth-order valence-corrected chi connectivity index (χ4v) is 1.58. The lowest BCUT2D eigenvalue weighted by Crippen LogP contribution is -2.12. The molecule has 0 saturated carbocycles. The van der Waals surface area contributed by atoms with Gasteiger partial charge in [0.1, 0.15) is 5.69 Å². The van der Waals surface area contributed by atoms with Crippen molar-refractivity contribution in [2.45, 2.75) is 20.3 Å². The number of hydrogen-bond acceptors (Lipinski definition) is 5. The number of benzene rings is 1. The number of aryl methyl sites for hydroxylation is 1. The Morgan fingerprint density at radius 2 is 2.22 bits per heavy atom. The molecule has 0 aliphatic carbocycles. The van der Waals surface area contributed by atoms with Crippen molar-refractivity contribution in [1.82, 2.24) is 0 Å².